The van der Waals surface area contributed by atoms with Crippen molar-refractivity contribution in [1.82, 2.24) is 15.8 Å². The highest BCUT2D eigenvalue weighted by atomic mass is 35.5. The van der Waals surface area contributed by atoms with Crippen LogP contribution >= 0.6 is 35.4 Å². The van der Waals surface area contributed by atoms with Crippen LogP contribution in [0.3, 0.4) is 0 Å². The number of benzene rings is 2. The average Bonchev–Trinajstić information content (AvgIpc) is 2.88. The maximum atomic E-state index is 12.9. The first-order valence-electron chi connectivity index (χ1n) is 8.08. The Labute approximate surface area is 176 Å². The minimum atomic E-state index is -1.27. The van der Waals surface area contributed by atoms with Gasteiger partial charge in [0.05, 0.1) is 17.8 Å². The van der Waals surface area contributed by atoms with Crippen LogP contribution in [0.5, 0.6) is 5.75 Å². The molecule has 0 spiro atoms. The van der Waals surface area contributed by atoms with Gasteiger partial charge in [0.1, 0.15) is 11.3 Å². The monoisotopic (exact) mass is 438 g/mol. The van der Waals surface area contributed by atoms with Crippen LogP contribution in [-0.4, -0.2) is 29.2 Å². The van der Waals surface area contributed by atoms with Crippen LogP contribution < -0.4 is 20.8 Å². The number of carbonyl (C=O) groups is 2. The molecule has 1 saturated heterocycles. The van der Waals surface area contributed by atoms with Crippen LogP contribution in [0.2, 0.25) is 10.0 Å². The summed E-state index contributed by atoms with van der Waals surface area (Å²) in [6.45, 7) is 1.61. The van der Waals surface area contributed by atoms with Gasteiger partial charge in [-0.3, -0.25) is 10.2 Å². The highest BCUT2D eigenvalue weighted by Gasteiger charge is 2.50. The summed E-state index contributed by atoms with van der Waals surface area (Å²) >= 11 is 17.2. The van der Waals surface area contributed by atoms with Gasteiger partial charge in [0.2, 0.25) is 0 Å². The molecule has 2 aromatic rings. The SMILES string of the molecule is COc1cccc(C2(C)NC(=O)N(NC(=S)Nc3ccc(Cl)cc3Cl)C2=O)c1. The van der Waals surface area contributed by atoms with E-state index in [4.69, 9.17) is 40.2 Å². The maximum Gasteiger partial charge on any atom is 0.344 e. The average molecular weight is 439 g/mol. The molecule has 2 aromatic carbocycles. The molecule has 1 fully saturated rings. The van der Waals surface area contributed by atoms with Gasteiger partial charge in [-0.2, -0.15) is 5.01 Å². The largest absolute Gasteiger partial charge is 0.497 e. The number of thiocarbonyl (C=S) groups is 1. The first-order chi connectivity index (χ1) is 13.2. The van der Waals surface area contributed by atoms with Gasteiger partial charge in [0, 0.05) is 5.02 Å². The predicted octanol–water partition coefficient (Wildman–Crippen LogP) is 3.67. The Bertz CT molecular complexity index is 972. The summed E-state index contributed by atoms with van der Waals surface area (Å²) in [5, 5.41) is 7.15. The normalized spacial score (nSPS) is 18.6. The van der Waals surface area contributed by atoms with Crippen LogP contribution in [0, 0.1) is 0 Å². The van der Waals surface area contributed by atoms with Gasteiger partial charge in [0.25, 0.3) is 5.91 Å². The minimum Gasteiger partial charge on any atom is -0.497 e. The van der Waals surface area contributed by atoms with E-state index in [1.807, 2.05) is 0 Å². The quantitative estimate of drug-likeness (QED) is 0.498. The number of nitrogens with one attached hydrogen (secondary N) is 3. The number of ether oxygens (including phenoxy) is 1. The Morgan fingerprint density at radius 3 is 2.64 bits per heavy atom. The fourth-order valence-corrected chi connectivity index (χ4v) is 3.37. The van der Waals surface area contributed by atoms with Crippen molar-refractivity contribution >= 4 is 58.2 Å². The van der Waals surface area contributed by atoms with Gasteiger partial charge in [0.15, 0.2) is 5.11 Å². The maximum absolute atomic E-state index is 12.9. The second-order valence-electron chi connectivity index (χ2n) is 6.12. The number of hydrogen-bond donors (Lipinski definition) is 3. The molecule has 7 nitrogen and oxygen atoms in total. The van der Waals surface area contributed by atoms with E-state index in [1.165, 1.54) is 7.11 Å². The van der Waals surface area contributed by atoms with E-state index in [0.29, 0.717) is 27.0 Å². The molecule has 0 aromatic heterocycles. The summed E-state index contributed by atoms with van der Waals surface area (Å²) in [6.07, 6.45) is 0. The summed E-state index contributed by atoms with van der Waals surface area (Å²) in [5.74, 6) is 0.0545. The van der Waals surface area contributed by atoms with Gasteiger partial charge in [-0.05, 0) is 55.0 Å². The number of methoxy groups -OCH3 is 1. The number of nitrogens with zero attached hydrogens (tertiary/aromatic N) is 1. The van der Waals surface area contributed by atoms with Crippen LogP contribution in [-0.2, 0) is 10.3 Å². The highest BCUT2D eigenvalue weighted by Crippen LogP contribution is 2.30. The van der Waals surface area contributed by atoms with Crippen LogP contribution in [0.1, 0.15) is 12.5 Å². The lowest BCUT2D eigenvalue weighted by atomic mass is 9.92. The lowest BCUT2D eigenvalue weighted by Crippen LogP contribution is -2.49. The number of anilines is 1. The number of amides is 3. The molecular weight excluding hydrogens is 423 g/mol. The van der Waals surface area contributed by atoms with Crippen molar-refractivity contribution in [1.29, 1.82) is 0 Å². The molecule has 0 saturated carbocycles. The number of urea groups is 1. The van der Waals surface area contributed by atoms with Crippen LogP contribution in [0.4, 0.5) is 10.5 Å². The van der Waals surface area contributed by atoms with Gasteiger partial charge >= 0.3 is 6.03 Å². The molecule has 1 heterocycles. The van der Waals surface area contributed by atoms with E-state index in [0.717, 1.165) is 5.01 Å². The second kappa shape index (κ2) is 7.83. The predicted molar refractivity (Wildman–Crippen MR) is 112 cm³/mol. The van der Waals surface area contributed by atoms with Crippen molar-refractivity contribution < 1.29 is 14.3 Å². The molecule has 10 heteroatoms. The minimum absolute atomic E-state index is 0.0163. The van der Waals surface area contributed by atoms with E-state index in [-0.39, 0.29) is 5.11 Å². The third-order valence-corrected chi connectivity index (χ3v) is 4.97. The van der Waals surface area contributed by atoms with Crippen LogP contribution in [0.25, 0.3) is 0 Å². The standard InChI is InChI=1S/C18H16Cl2N4O3S/c1-18(10-4-3-5-12(8-10)27-2)15(25)24(17(26)22-18)23-16(28)21-14-7-6-11(19)9-13(14)20/h3-9H,1-2H3,(H,22,26)(H2,21,23,28). The molecule has 0 radical (unpaired) electrons. The number of halogens is 2. The van der Waals surface area contributed by atoms with E-state index in [1.54, 1.807) is 49.4 Å². The molecule has 146 valence electrons. The zero-order valence-electron chi connectivity index (χ0n) is 14.9. The second-order valence-corrected chi connectivity index (χ2v) is 7.37. The first-order valence-corrected chi connectivity index (χ1v) is 9.25. The van der Waals surface area contributed by atoms with Crippen LogP contribution in [0.15, 0.2) is 42.5 Å². The Morgan fingerprint density at radius 2 is 1.96 bits per heavy atom. The number of imide groups is 1. The highest BCUT2D eigenvalue weighted by molar-refractivity contribution is 7.80. The third kappa shape index (κ3) is 3.84. The van der Waals surface area contributed by atoms with Gasteiger partial charge in [-0.1, -0.05) is 35.3 Å². The number of hydrogen-bond acceptors (Lipinski definition) is 4. The van der Waals surface area contributed by atoms with Crippen molar-refractivity contribution in [2.75, 3.05) is 12.4 Å². The topological polar surface area (TPSA) is 82.7 Å². The van der Waals surface area contributed by atoms with Crippen molar-refractivity contribution in [2.24, 2.45) is 0 Å². The summed E-state index contributed by atoms with van der Waals surface area (Å²) in [6, 6.07) is 11.1. The van der Waals surface area contributed by atoms with Gasteiger partial charge < -0.3 is 15.4 Å². The molecule has 1 atom stereocenters. The summed E-state index contributed by atoms with van der Waals surface area (Å²) < 4.78 is 5.19. The number of rotatable bonds is 4. The lowest BCUT2D eigenvalue weighted by Gasteiger charge is -2.23. The third-order valence-electron chi connectivity index (χ3n) is 4.23. The van der Waals surface area contributed by atoms with Crippen molar-refractivity contribution in [3.63, 3.8) is 0 Å². The fourth-order valence-electron chi connectivity index (χ4n) is 2.71. The van der Waals surface area contributed by atoms with E-state index in [2.05, 4.69) is 16.1 Å². The Balaban J connectivity index is 1.77. The summed E-state index contributed by atoms with van der Waals surface area (Å²) in [4.78, 5) is 25.3. The molecule has 1 aliphatic heterocycles. The smallest absolute Gasteiger partial charge is 0.344 e. The molecule has 0 bridgehead atoms. The summed E-state index contributed by atoms with van der Waals surface area (Å²) in [5.41, 5.74) is 2.38. The zero-order valence-corrected chi connectivity index (χ0v) is 17.2. The lowest BCUT2D eigenvalue weighted by molar-refractivity contribution is -0.132. The molecule has 3 N–H and O–H groups in total. The van der Waals surface area contributed by atoms with Crippen molar-refractivity contribution in [3.8, 4) is 5.75 Å². The van der Waals surface area contributed by atoms with E-state index in [9.17, 15) is 9.59 Å². The van der Waals surface area contributed by atoms with Crippen molar-refractivity contribution in [3.05, 3.63) is 58.1 Å². The number of carbonyl (C=O) groups excluding carboxylic acids is 2. The first kappa shape index (κ1) is 20.2. The molecule has 1 unspecified atom stereocenters. The molecule has 28 heavy (non-hydrogen) atoms. The molecular formula is C18H16Cl2N4O3S. The van der Waals surface area contributed by atoms with E-state index < -0.39 is 17.5 Å². The summed E-state index contributed by atoms with van der Waals surface area (Å²) in [7, 11) is 1.52. The molecule has 0 aliphatic carbocycles. The number of hydrazine groups is 1. The molecule has 3 rings (SSSR count). The van der Waals surface area contributed by atoms with Crippen molar-refractivity contribution in [2.45, 2.75) is 12.5 Å². The molecule has 1 aliphatic rings. The van der Waals surface area contributed by atoms with E-state index >= 15 is 0 Å². The Kier molecular flexibility index (Phi) is 5.64. The fraction of sp³-hybridized carbons (Fsp3) is 0.167. The van der Waals surface area contributed by atoms with Gasteiger partial charge in [-0.25, -0.2) is 4.79 Å². The Morgan fingerprint density at radius 1 is 1.21 bits per heavy atom. The Hall–Kier alpha value is -2.55. The molecule has 3 amide bonds. The van der Waals surface area contributed by atoms with Gasteiger partial charge in [-0.15, -0.1) is 0 Å². The zero-order chi connectivity index (χ0) is 20.5.